The molecule has 0 spiro atoms. The van der Waals surface area contributed by atoms with Crippen molar-refractivity contribution in [3.63, 3.8) is 0 Å². The van der Waals surface area contributed by atoms with Crippen molar-refractivity contribution >= 4 is 53.8 Å². The molecule has 4 aromatic carbocycles. The molecule has 0 radical (unpaired) electrons. The Bertz CT molecular complexity index is 1590. The van der Waals surface area contributed by atoms with E-state index in [1.54, 1.807) is 24.3 Å². The van der Waals surface area contributed by atoms with E-state index in [0.29, 0.717) is 33.5 Å². The van der Waals surface area contributed by atoms with Crippen LogP contribution in [0.1, 0.15) is 0 Å². The van der Waals surface area contributed by atoms with E-state index in [4.69, 9.17) is 4.55 Å². The maximum atomic E-state index is 11.5. The molecule has 0 aliphatic heterocycles. The van der Waals surface area contributed by atoms with Crippen molar-refractivity contribution in [2.75, 3.05) is 10.9 Å². The van der Waals surface area contributed by atoms with Crippen LogP contribution in [0.25, 0.3) is 10.8 Å². The van der Waals surface area contributed by atoms with Gasteiger partial charge < -0.3 is 5.43 Å². The lowest BCUT2D eigenvalue weighted by Gasteiger charge is -2.15. The van der Waals surface area contributed by atoms with Crippen molar-refractivity contribution in [3.05, 3.63) is 84.9 Å². The molecule has 0 heterocycles. The summed E-state index contributed by atoms with van der Waals surface area (Å²) >= 11 is 0. The molecule has 0 fully saturated rings. The summed E-state index contributed by atoms with van der Waals surface area (Å²) in [4.78, 5) is -0.503. The molecule has 0 bridgehead atoms. The van der Waals surface area contributed by atoms with Crippen LogP contribution >= 0.6 is 0 Å². The number of nitrogens with one attached hydrogen (secondary N) is 2. The Hall–Kier alpha value is -3.84. The Labute approximate surface area is 195 Å². The number of azo groups is 1. The van der Waals surface area contributed by atoms with Crippen LogP contribution in [0, 0.1) is 0 Å². The highest BCUT2D eigenvalue weighted by atomic mass is 32.2. The molecule has 0 amide bonds. The Morgan fingerprint density at radius 2 is 1.29 bits per heavy atom. The molecule has 4 N–H and O–H groups in total. The lowest BCUT2D eigenvalue weighted by Crippen LogP contribution is -2.09. The van der Waals surface area contributed by atoms with Crippen molar-refractivity contribution in [1.82, 2.24) is 0 Å². The fraction of sp³-hybridized carbons (Fsp3) is 0. The highest BCUT2D eigenvalue weighted by Gasteiger charge is 2.14. The second-order valence-corrected chi connectivity index (χ2v) is 9.95. The first-order chi connectivity index (χ1) is 16.1. The zero-order chi connectivity index (χ0) is 24.3. The third-order valence-corrected chi connectivity index (χ3v) is 6.50. The number of anilines is 2. The molecular weight excluding hydrogens is 480 g/mol. The number of benzene rings is 4. The SMILES string of the molecule is O=S(=O)(O)c1ccc(NNc2c(N=Nc3ccccc3)ccc3cc(S(=O)(=O)O)ccc23)cc1. The summed E-state index contributed by atoms with van der Waals surface area (Å²) in [6, 6.07) is 21.8. The summed E-state index contributed by atoms with van der Waals surface area (Å²) in [5, 5.41) is 9.62. The molecule has 0 atom stereocenters. The van der Waals surface area contributed by atoms with Crippen LogP contribution in [0.3, 0.4) is 0 Å². The molecule has 0 saturated carbocycles. The minimum atomic E-state index is -4.38. The van der Waals surface area contributed by atoms with Crippen molar-refractivity contribution in [2.24, 2.45) is 10.2 Å². The predicted molar refractivity (Wildman–Crippen MR) is 128 cm³/mol. The first-order valence-electron chi connectivity index (χ1n) is 9.72. The Morgan fingerprint density at radius 3 is 1.94 bits per heavy atom. The molecule has 0 aliphatic rings. The summed E-state index contributed by atoms with van der Waals surface area (Å²) in [6.07, 6.45) is 0. The monoisotopic (exact) mass is 498 g/mol. The van der Waals surface area contributed by atoms with E-state index in [2.05, 4.69) is 21.1 Å². The largest absolute Gasteiger partial charge is 0.301 e. The topological polar surface area (TPSA) is 158 Å². The molecule has 174 valence electrons. The Balaban J connectivity index is 1.73. The second kappa shape index (κ2) is 9.19. The average molecular weight is 499 g/mol. The number of hydrazine groups is 1. The quantitative estimate of drug-likeness (QED) is 0.154. The molecule has 0 aliphatic carbocycles. The lowest BCUT2D eigenvalue weighted by atomic mass is 10.1. The third kappa shape index (κ3) is 5.38. The van der Waals surface area contributed by atoms with Gasteiger partial charge in [0.15, 0.2) is 0 Å². The van der Waals surface area contributed by atoms with E-state index in [1.807, 2.05) is 18.2 Å². The molecule has 4 aromatic rings. The fourth-order valence-corrected chi connectivity index (χ4v) is 4.12. The van der Waals surface area contributed by atoms with Gasteiger partial charge >= 0.3 is 0 Å². The molecule has 34 heavy (non-hydrogen) atoms. The Kier molecular flexibility index (Phi) is 6.30. The third-order valence-electron chi connectivity index (χ3n) is 4.78. The van der Waals surface area contributed by atoms with Crippen LogP contribution in [0.5, 0.6) is 0 Å². The Morgan fingerprint density at radius 1 is 0.647 bits per heavy atom. The zero-order valence-electron chi connectivity index (χ0n) is 17.3. The molecule has 4 rings (SSSR count). The molecular formula is C22H18N4O6S2. The normalized spacial score (nSPS) is 12.2. The van der Waals surface area contributed by atoms with Gasteiger partial charge in [0.25, 0.3) is 20.2 Å². The van der Waals surface area contributed by atoms with Gasteiger partial charge in [-0.1, -0.05) is 30.3 Å². The van der Waals surface area contributed by atoms with E-state index in [0.717, 1.165) is 0 Å². The first kappa shape index (κ1) is 23.3. The minimum Gasteiger partial charge on any atom is -0.301 e. The van der Waals surface area contributed by atoms with Crippen LogP contribution in [0.15, 0.2) is 105 Å². The number of hydrogen-bond donors (Lipinski definition) is 4. The molecule has 10 nitrogen and oxygen atoms in total. The second-order valence-electron chi connectivity index (χ2n) is 7.10. The highest BCUT2D eigenvalue weighted by Crippen LogP contribution is 2.35. The minimum absolute atomic E-state index is 0.252. The maximum absolute atomic E-state index is 11.5. The van der Waals surface area contributed by atoms with Gasteiger partial charge in [0, 0.05) is 5.39 Å². The van der Waals surface area contributed by atoms with Crippen LogP contribution in [0.2, 0.25) is 0 Å². The first-order valence-corrected chi connectivity index (χ1v) is 12.6. The van der Waals surface area contributed by atoms with Gasteiger partial charge in [-0.3, -0.25) is 14.5 Å². The molecule has 12 heteroatoms. The van der Waals surface area contributed by atoms with Gasteiger partial charge in [-0.05, 0) is 60.0 Å². The number of hydrogen-bond acceptors (Lipinski definition) is 8. The summed E-state index contributed by atoms with van der Waals surface area (Å²) in [7, 11) is -8.70. The van der Waals surface area contributed by atoms with Crippen molar-refractivity contribution in [3.8, 4) is 0 Å². The number of nitrogens with zero attached hydrogens (tertiary/aromatic N) is 2. The smallest absolute Gasteiger partial charge is 0.294 e. The van der Waals surface area contributed by atoms with E-state index in [-0.39, 0.29) is 9.79 Å². The molecule has 0 unspecified atom stereocenters. The number of rotatable bonds is 7. The van der Waals surface area contributed by atoms with E-state index in [1.165, 1.54) is 42.5 Å². The summed E-state index contributed by atoms with van der Waals surface area (Å²) in [5.74, 6) is 0. The van der Waals surface area contributed by atoms with Gasteiger partial charge in [-0.2, -0.15) is 21.9 Å². The highest BCUT2D eigenvalue weighted by molar-refractivity contribution is 7.86. The lowest BCUT2D eigenvalue weighted by molar-refractivity contribution is 0.481. The van der Waals surface area contributed by atoms with E-state index < -0.39 is 20.2 Å². The van der Waals surface area contributed by atoms with Crippen LogP contribution in [-0.4, -0.2) is 25.9 Å². The maximum Gasteiger partial charge on any atom is 0.294 e. The van der Waals surface area contributed by atoms with Crippen molar-refractivity contribution in [2.45, 2.75) is 9.79 Å². The van der Waals surface area contributed by atoms with Crippen LogP contribution in [0.4, 0.5) is 22.7 Å². The van der Waals surface area contributed by atoms with Gasteiger partial charge in [0.05, 0.1) is 26.9 Å². The van der Waals surface area contributed by atoms with Crippen molar-refractivity contribution < 1.29 is 25.9 Å². The molecule has 0 aromatic heterocycles. The van der Waals surface area contributed by atoms with Gasteiger partial charge in [-0.15, -0.1) is 5.11 Å². The summed E-state index contributed by atoms with van der Waals surface area (Å²) < 4.78 is 64.0. The average Bonchev–Trinajstić information content (AvgIpc) is 2.81. The summed E-state index contributed by atoms with van der Waals surface area (Å²) in [6.45, 7) is 0. The summed E-state index contributed by atoms with van der Waals surface area (Å²) in [5.41, 5.74) is 7.91. The van der Waals surface area contributed by atoms with Gasteiger partial charge in [0.2, 0.25) is 0 Å². The fourth-order valence-electron chi connectivity index (χ4n) is 3.12. The molecule has 0 saturated heterocycles. The van der Waals surface area contributed by atoms with Gasteiger partial charge in [0.1, 0.15) is 5.69 Å². The van der Waals surface area contributed by atoms with Crippen molar-refractivity contribution in [1.29, 1.82) is 0 Å². The number of fused-ring (bicyclic) bond motifs is 1. The standard InChI is InChI=1S/C22H18N4O6S2/c27-33(28,29)18-9-7-17(8-10-18)24-26-22-20-12-11-19(34(30,31)32)14-15(20)6-13-21(22)25-23-16-4-2-1-3-5-16/h1-14,24,26H,(H,27,28,29)(H,30,31,32). The zero-order valence-corrected chi connectivity index (χ0v) is 19.0. The van der Waals surface area contributed by atoms with E-state index in [9.17, 15) is 21.4 Å². The van der Waals surface area contributed by atoms with Crippen LogP contribution < -0.4 is 10.9 Å². The van der Waals surface area contributed by atoms with Crippen LogP contribution in [-0.2, 0) is 20.2 Å². The van der Waals surface area contributed by atoms with E-state index >= 15 is 0 Å². The van der Waals surface area contributed by atoms with Gasteiger partial charge in [-0.25, -0.2) is 0 Å². The predicted octanol–water partition coefficient (Wildman–Crippen LogP) is 5.19.